The van der Waals surface area contributed by atoms with Gasteiger partial charge in [0.05, 0.1) is 11.4 Å². The molecule has 0 unspecified atom stereocenters. The number of benzene rings is 5. The fourth-order valence-electron chi connectivity index (χ4n) is 17.1. The van der Waals surface area contributed by atoms with E-state index in [2.05, 4.69) is 113 Å². The Bertz CT molecular complexity index is 2270. The predicted octanol–water partition coefficient (Wildman–Crippen LogP) is 9.88. The maximum Gasteiger partial charge on any atom is 0.252 e. The molecule has 0 amide bonds. The molecule has 2 spiro atoms. The van der Waals surface area contributed by atoms with Crippen molar-refractivity contribution < 1.29 is 0 Å². The number of rotatable bonds is 0. The third-order valence-corrected chi connectivity index (χ3v) is 18.0. The summed E-state index contributed by atoms with van der Waals surface area (Å²) in [5.41, 5.74) is 20.2. The second-order valence-corrected chi connectivity index (χ2v) is 19.7. The van der Waals surface area contributed by atoms with Crippen LogP contribution in [0.15, 0.2) is 103 Å². The lowest BCUT2D eigenvalue weighted by atomic mass is 9.31. The fourth-order valence-corrected chi connectivity index (χ4v) is 17.1. The molecule has 0 aromatic heterocycles. The first-order valence-corrected chi connectivity index (χ1v) is 21.4. The van der Waals surface area contributed by atoms with Gasteiger partial charge in [-0.1, -0.05) is 78.9 Å². The van der Waals surface area contributed by atoms with E-state index in [0.717, 1.165) is 47.3 Å². The first-order valence-electron chi connectivity index (χ1n) is 21.4. The van der Waals surface area contributed by atoms with Crippen LogP contribution in [-0.2, 0) is 10.8 Å². The minimum Gasteiger partial charge on any atom is -0.311 e. The first-order chi connectivity index (χ1) is 26.2. The van der Waals surface area contributed by atoms with E-state index in [1.54, 1.807) is 44.6 Å². The third kappa shape index (κ3) is 2.96. The first kappa shape index (κ1) is 28.2. The van der Waals surface area contributed by atoms with E-state index in [0.29, 0.717) is 0 Å². The van der Waals surface area contributed by atoms with Crippen LogP contribution in [0.3, 0.4) is 0 Å². The topological polar surface area (TPSA) is 6.48 Å². The Labute approximate surface area is 313 Å². The number of para-hydroxylation sites is 4. The summed E-state index contributed by atoms with van der Waals surface area (Å²) in [6, 6.07) is 42.1. The molecule has 2 nitrogen and oxygen atoms in total. The molecule has 0 N–H and O–H groups in total. The van der Waals surface area contributed by atoms with Crippen molar-refractivity contribution in [3.63, 3.8) is 0 Å². The molecule has 8 fully saturated rings. The molecular formula is C50H45BN2. The van der Waals surface area contributed by atoms with Gasteiger partial charge in [-0.2, -0.15) is 0 Å². The van der Waals surface area contributed by atoms with Gasteiger partial charge in [-0.05, 0) is 174 Å². The summed E-state index contributed by atoms with van der Waals surface area (Å²) >= 11 is 0. The second kappa shape index (κ2) is 9.16. The number of hydrogen-bond acceptors (Lipinski definition) is 2. The minimum atomic E-state index is 0.126. The smallest absolute Gasteiger partial charge is 0.252 e. The third-order valence-electron chi connectivity index (χ3n) is 18.0. The highest BCUT2D eigenvalue weighted by atomic mass is 15.2. The van der Waals surface area contributed by atoms with Gasteiger partial charge in [0.2, 0.25) is 0 Å². The monoisotopic (exact) mass is 684 g/mol. The summed E-state index contributed by atoms with van der Waals surface area (Å²) in [4.78, 5) is 5.52. The summed E-state index contributed by atoms with van der Waals surface area (Å²) in [7, 11) is 0. The molecule has 5 aromatic carbocycles. The van der Waals surface area contributed by atoms with E-state index in [1.807, 2.05) is 0 Å². The molecular weight excluding hydrogens is 639 g/mol. The van der Waals surface area contributed by atoms with Gasteiger partial charge in [-0.15, -0.1) is 0 Å². The molecule has 8 saturated carbocycles. The van der Waals surface area contributed by atoms with Gasteiger partial charge in [0.1, 0.15) is 0 Å². The molecule has 4 heterocycles. The predicted molar refractivity (Wildman–Crippen MR) is 216 cm³/mol. The fraction of sp³-hybridized carbons (Fsp3) is 0.400. The van der Waals surface area contributed by atoms with Gasteiger partial charge < -0.3 is 9.80 Å². The van der Waals surface area contributed by atoms with E-state index in [-0.39, 0.29) is 17.5 Å². The Morgan fingerprint density at radius 3 is 1.17 bits per heavy atom. The second-order valence-electron chi connectivity index (χ2n) is 19.7. The zero-order chi connectivity index (χ0) is 33.9. The van der Waals surface area contributed by atoms with E-state index in [4.69, 9.17) is 0 Å². The summed E-state index contributed by atoms with van der Waals surface area (Å²) in [6.45, 7) is 0.233. The average Bonchev–Trinajstić information content (AvgIpc) is 3.18. The number of nitrogens with zero attached hydrogens (tertiary/aromatic N) is 2. The molecule has 3 heteroatoms. The highest BCUT2D eigenvalue weighted by molar-refractivity contribution is 7.00. The van der Waals surface area contributed by atoms with Crippen LogP contribution < -0.4 is 26.2 Å². The molecule has 53 heavy (non-hydrogen) atoms. The van der Waals surface area contributed by atoms with Gasteiger partial charge in [0, 0.05) is 33.6 Å². The lowest BCUT2D eigenvalue weighted by Crippen LogP contribution is -2.65. The summed E-state index contributed by atoms with van der Waals surface area (Å²) in [5, 5.41) is 0. The maximum atomic E-state index is 2.76. The zero-order valence-electron chi connectivity index (χ0n) is 30.5. The lowest BCUT2D eigenvalue weighted by Gasteiger charge is -2.65. The van der Waals surface area contributed by atoms with Crippen LogP contribution in [0.2, 0.25) is 0 Å². The van der Waals surface area contributed by atoms with E-state index in [1.165, 1.54) is 92.4 Å². The Hall–Kier alpha value is -4.24. The Morgan fingerprint density at radius 2 is 0.736 bits per heavy atom. The number of anilines is 6. The SMILES string of the molecule is c1ccc2c(c1)N1c3cccc4c3B(c3cccc(c31)C21C2CC3CC(C2)CC1C3)c1cccc2c1N4c1ccccc1C21C2CC3CC(C2)CC1C3. The van der Waals surface area contributed by atoms with Crippen molar-refractivity contribution in [2.45, 2.75) is 75.0 Å². The molecule has 258 valence electrons. The Kier molecular flexibility index (Phi) is 4.88. The van der Waals surface area contributed by atoms with Crippen molar-refractivity contribution in [3.8, 4) is 0 Å². The van der Waals surface area contributed by atoms with Crippen LogP contribution in [0.1, 0.15) is 86.5 Å². The van der Waals surface area contributed by atoms with Crippen LogP contribution >= 0.6 is 0 Å². The summed E-state index contributed by atoms with van der Waals surface area (Å²) in [6.07, 6.45) is 14.3. The van der Waals surface area contributed by atoms with Gasteiger partial charge in [0.15, 0.2) is 0 Å². The van der Waals surface area contributed by atoms with Crippen LogP contribution in [0.25, 0.3) is 0 Å². The normalized spacial score (nSPS) is 37.1. The van der Waals surface area contributed by atoms with Crippen molar-refractivity contribution in [2.75, 3.05) is 9.80 Å². The quantitative estimate of drug-likeness (QED) is 0.147. The van der Waals surface area contributed by atoms with Crippen molar-refractivity contribution in [3.05, 3.63) is 125 Å². The molecule has 17 rings (SSSR count). The summed E-state index contributed by atoms with van der Waals surface area (Å²) in [5.74, 6) is 6.77. The highest BCUT2D eigenvalue weighted by Crippen LogP contribution is 2.72. The molecule has 5 aromatic rings. The number of fused-ring (bicyclic) bond motifs is 8. The molecule has 8 aliphatic carbocycles. The van der Waals surface area contributed by atoms with Crippen molar-refractivity contribution in [2.24, 2.45) is 47.3 Å². The molecule has 8 bridgehead atoms. The highest BCUT2D eigenvalue weighted by Gasteiger charge is 2.65. The molecule has 12 aliphatic rings. The van der Waals surface area contributed by atoms with Gasteiger partial charge in [0.25, 0.3) is 6.71 Å². The van der Waals surface area contributed by atoms with Crippen molar-refractivity contribution in [1.29, 1.82) is 0 Å². The standard InChI is InChI=1S/C50H45BN2/c1-3-14-42-36(8-1)49(32-20-28-18-29(22-32)23-33(49)21-28)38-10-5-12-40-47(38)52(42)44-16-7-17-45-46(44)51(40)41-13-6-11-39-48(41)53(45)43-15-4-2-9-37(43)50(39)34-24-30-19-31(26-34)27-35(50)25-30/h1-17,28-35H,18-27H2. The van der Waals surface area contributed by atoms with E-state index in [9.17, 15) is 0 Å². The van der Waals surface area contributed by atoms with E-state index < -0.39 is 0 Å². The van der Waals surface area contributed by atoms with Crippen LogP contribution in [-0.4, -0.2) is 6.71 Å². The zero-order valence-corrected chi connectivity index (χ0v) is 30.5. The Balaban J connectivity index is 1.04. The lowest BCUT2D eigenvalue weighted by molar-refractivity contribution is -0.0419. The van der Waals surface area contributed by atoms with Crippen molar-refractivity contribution in [1.82, 2.24) is 0 Å². The van der Waals surface area contributed by atoms with Gasteiger partial charge >= 0.3 is 0 Å². The van der Waals surface area contributed by atoms with Crippen LogP contribution in [0.4, 0.5) is 34.1 Å². The molecule has 4 aliphatic heterocycles. The molecule has 0 atom stereocenters. The maximum absolute atomic E-state index is 2.76. The Morgan fingerprint density at radius 1 is 0.377 bits per heavy atom. The van der Waals surface area contributed by atoms with Gasteiger partial charge in [-0.25, -0.2) is 0 Å². The van der Waals surface area contributed by atoms with Gasteiger partial charge in [-0.3, -0.25) is 0 Å². The largest absolute Gasteiger partial charge is 0.311 e. The molecule has 0 radical (unpaired) electrons. The van der Waals surface area contributed by atoms with Crippen LogP contribution in [0, 0.1) is 47.3 Å². The van der Waals surface area contributed by atoms with Crippen LogP contribution in [0.5, 0.6) is 0 Å². The van der Waals surface area contributed by atoms with E-state index >= 15 is 0 Å². The minimum absolute atomic E-state index is 0.126. The number of hydrogen-bond donors (Lipinski definition) is 0. The summed E-state index contributed by atoms with van der Waals surface area (Å²) < 4.78 is 0. The average molecular weight is 685 g/mol. The molecule has 0 saturated heterocycles. The van der Waals surface area contributed by atoms with Crippen molar-refractivity contribution >= 4 is 57.2 Å².